The number of carbonyl (C=O) groups is 2. The molecule has 1 amide bonds. The molecule has 10 nitrogen and oxygen atoms in total. The van der Waals surface area contributed by atoms with Crippen molar-refractivity contribution in [2.24, 2.45) is 10.9 Å². The zero-order valence-corrected chi connectivity index (χ0v) is 22.2. The van der Waals surface area contributed by atoms with Gasteiger partial charge in [-0.1, -0.05) is 30.3 Å². The van der Waals surface area contributed by atoms with E-state index in [-0.39, 0.29) is 12.3 Å². The number of aliphatic hydroxyl groups is 1. The molecule has 3 atom stereocenters. The average Bonchev–Trinajstić information content (AvgIpc) is 2.76. The number of hydrogen-bond donors (Lipinski definition) is 2. The summed E-state index contributed by atoms with van der Waals surface area (Å²) in [4.78, 5) is 43.0. The van der Waals surface area contributed by atoms with E-state index in [0.717, 1.165) is 12.8 Å². The van der Waals surface area contributed by atoms with E-state index < -0.39 is 40.6 Å². The lowest BCUT2D eigenvalue weighted by atomic mass is 9.86. The van der Waals surface area contributed by atoms with Crippen LogP contribution in [0, 0.1) is 16.0 Å². The Kier molecular flexibility index (Phi) is 10.4. The van der Waals surface area contributed by atoms with Gasteiger partial charge in [0, 0.05) is 12.7 Å². The Labute approximate surface area is 213 Å². The zero-order valence-electron chi connectivity index (χ0n) is 20.6. The van der Waals surface area contributed by atoms with E-state index in [1.54, 1.807) is 40.0 Å². The smallest absolute Gasteiger partial charge is 0.416 e. The monoisotopic (exact) mass is 527 g/mol. The van der Waals surface area contributed by atoms with Crippen molar-refractivity contribution < 1.29 is 29.5 Å². The Morgan fingerprint density at radius 1 is 1.26 bits per heavy atom. The molecular weight excluding hydrogens is 494 g/mol. The topological polar surface area (TPSA) is 143 Å². The maximum Gasteiger partial charge on any atom is 0.416 e. The summed E-state index contributed by atoms with van der Waals surface area (Å²) in [5, 5.41) is 31.2. The largest absolute Gasteiger partial charge is 0.481 e. The maximum atomic E-state index is 12.9. The molecule has 0 saturated carbocycles. The van der Waals surface area contributed by atoms with Crippen LogP contribution in [0.5, 0.6) is 0 Å². The number of nitrogens with zero attached hydrogens (tertiary/aromatic N) is 3. The molecule has 0 bridgehead atoms. The van der Waals surface area contributed by atoms with Gasteiger partial charge < -0.3 is 14.9 Å². The summed E-state index contributed by atoms with van der Waals surface area (Å²) >= 11 is 2.47. The number of thioether (sulfide) groups is 2. The first kappa shape index (κ1) is 28.9. The molecule has 1 aromatic carbocycles. The van der Waals surface area contributed by atoms with Gasteiger partial charge in [0.05, 0.1) is 21.9 Å². The molecule has 0 aliphatic carbocycles. The molecule has 2 N–H and O–H groups in total. The van der Waals surface area contributed by atoms with Gasteiger partial charge in [0.25, 0.3) is 5.69 Å². The lowest BCUT2D eigenvalue weighted by Gasteiger charge is -2.40. The minimum Gasteiger partial charge on any atom is -0.481 e. The van der Waals surface area contributed by atoms with Crippen molar-refractivity contribution in [1.29, 1.82) is 0 Å². The number of benzene rings is 1. The molecule has 35 heavy (non-hydrogen) atoms. The van der Waals surface area contributed by atoms with Gasteiger partial charge in [-0.15, -0.1) is 11.8 Å². The van der Waals surface area contributed by atoms with E-state index in [4.69, 9.17) is 9.84 Å². The number of rotatable bonds is 9. The summed E-state index contributed by atoms with van der Waals surface area (Å²) < 4.78 is 5.50. The molecule has 1 aliphatic heterocycles. The fraction of sp³-hybridized carbons (Fsp3) is 0.609. The molecule has 0 aromatic heterocycles. The van der Waals surface area contributed by atoms with Crippen molar-refractivity contribution in [2.75, 3.05) is 18.6 Å². The number of ether oxygens (including phenoxy) is 1. The van der Waals surface area contributed by atoms with Crippen molar-refractivity contribution in [3.05, 3.63) is 33.9 Å². The summed E-state index contributed by atoms with van der Waals surface area (Å²) in [6.07, 6.45) is 3.20. The molecule has 12 heteroatoms. The number of hydrogen-bond acceptors (Lipinski definition) is 9. The number of carboxylic acid groups (broad SMARTS) is 1. The summed E-state index contributed by atoms with van der Waals surface area (Å²) in [6.45, 7) is 6.88. The molecule has 2 rings (SSSR count). The van der Waals surface area contributed by atoms with Crippen LogP contribution < -0.4 is 0 Å². The molecule has 1 aliphatic rings. The third-order valence-electron chi connectivity index (χ3n) is 5.37. The number of amidine groups is 1. The molecule has 0 spiro atoms. The Hall–Kier alpha value is -2.31. The number of unbranched alkanes of at least 4 members (excludes halogenated alkanes) is 2. The molecule has 0 fully saturated rings. The SMILES string of the molecule is CSC1=NC(c2cccc([N+](=O)[O-])c2SCCCCCO)C(C(=O)O)C(C)N1C(=O)OC(C)(C)C. The van der Waals surface area contributed by atoms with Crippen LogP contribution in [-0.2, 0) is 9.53 Å². The first-order valence-corrected chi connectivity index (χ1v) is 13.5. The number of aliphatic carboxylic acids is 1. The van der Waals surface area contributed by atoms with E-state index >= 15 is 0 Å². The standard InChI is InChI=1S/C23H33N3O7S2/c1-14-17(20(28)29)18(24-21(34-5)25(14)22(30)33-23(2,3)4)15-10-9-11-16(26(31)32)19(15)35-13-8-6-7-12-27/h9-11,14,17-18,27H,6-8,12-13H2,1-5H3,(H,28,29). The number of carboxylic acids is 1. The van der Waals surface area contributed by atoms with Crippen LogP contribution in [-0.4, -0.2) is 67.5 Å². The highest BCUT2D eigenvalue weighted by atomic mass is 32.2. The van der Waals surface area contributed by atoms with Crippen molar-refractivity contribution in [1.82, 2.24) is 4.90 Å². The van der Waals surface area contributed by atoms with Crippen molar-refractivity contribution in [3.63, 3.8) is 0 Å². The molecule has 3 unspecified atom stereocenters. The van der Waals surface area contributed by atoms with Crippen molar-refractivity contribution in [3.8, 4) is 0 Å². The first-order valence-electron chi connectivity index (χ1n) is 11.3. The van der Waals surface area contributed by atoms with Crippen LogP contribution in [0.15, 0.2) is 28.1 Å². The zero-order chi connectivity index (χ0) is 26.3. The quantitative estimate of drug-likeness (QED) is 0.197. The first-order chi connectivity index (χ1) is 16.4. The van der Waals surface area contributed by atoms with Gasteiger partial charge >= 0.3 is 12.1 Å². The maximum absolute atomic E-state index is 12.9. The second kappa shape index (κ2) is 12.6. The van der Waals surface area contributed by atoms with Gasteiger partial charge in [0.15, 0.2) is 5.17 Å². The number of carbonyl (C=O) groups excluding carboxylic acids is 1. The predicted molar refractivity (Wildman–Crippen MR) is 137 cm³/mol. The highest BCUT2D eigenvalue weighted by molar-refractivity contribution is 8.13. The highest BCUT2D eigenvalue weighted by Gasteiger charge is 2.46. The average molecular weight is 528 g/mol. The Bertz CT molecular complexity index is 965. The predicted octanol–water partition coefficient (Wildman–Crippen LogP) is 4.95. The van der Waals surface area contributed by atoms with Crippen LogP contribution in [0.2, 0.25) is 0 Å². The summed E-state index contributed by atoms with van der Waals surface area (Å²) in [7, 11) is 0. The Morgan fingerprint density at radius 2 is 1.94 bits per heavy atom. The van der Waals surface area contributed by atoms with Crippen LogP contribution >= 0.6 is 23.5 Å². The van der Waals surface area contributed by atoms with Gasteiger partial charge in [-0.3, -0.25) is 24.8 Å². The molecule has 194 valence electrons. The van der Waals surface area contributed by atoms with Crippen LogP contribution in [0.25, 0.3) is 0 Å². The fourth-order valence-corrected chi connectivity index (χ4v) is 5.67. The second-order valence-electron chi connectivity index (χ2n) is 9.10. The third-order valence-corrected chi connectivity index (χ3v) is 7.26. The summed E-state index contributed by atoms with van der Waals surface area (Å²) in [5.74, 6) is -1.74. The van der Waals surface area contributed by atoms with Crippen LogP contribution in [0.1, 0.15) is 58.6 Å². The van der Waals surface area contributed by atoms with E-state index in [1.807, 2.05) is 0 Å². The molecule has 1 heterocycles. The molecule has 0 saturated heterocycles. The van der Waals surface area contributed by atoms with Gasteiger partial charge in [-0.25, -0.2) is 4.79 Å². The number of nitro benzene ring substituents is 1. The molecule has 1 aromatic rings. The number of amides is 1. The number of aliphatic imine (C=N–C) groups is 1. The van der Waals surface area contributed by atoms with Crippen molar-refractivity contribution in [2.45, 2.75) is 69.5 Å². The van der Waals surface area contributed by atoms with Crippen molar-refractivity contribution >= 4 is 46.4 Å². The number of aliphatic hydroxyl groups excluding tert-OH is 1. The molecular formula is C23H33N3O7S2. The molecule has 0 radical (unpaired) electrons. The summed E-state index contributed by atoms with van der Waals surface area (Å²) in [5.41, 5.74) is -0.446. The fourth-order valence-electron chi connectivity index (χ4n) is 3.81. The lowest BCUT2D eigenvalue weighted by Crippen LogP contribution is -2.53. The highest BCUT2D eigenvalue weighted by Crippen LogP contribution is 2.44. The van der Waals surface area contributed by atoms with Gasteiger partial charge in [-0.05, 0) is 58.1 Å². The van der Waals surface area contributed by atoms with Crippen LogP contribution in [0.3, 0.4) is 0 Å². The van der Waals surface area contributed by atoms with Gasteiger partial charge in [0.1, 0.15) is 11.5 Å². The minimum atomic E-state index is -1.16. The van der Waals surface area contributed by atoms with E-state index in [1.165, 1.54) is 40.6 Å². The van der Waals surface area contributed by atoms with Gasteiger partial charge in [0.2, 0.25) is 0 Å². The van der Waals surface area contributed by atoms with Gasteiger partial charge in [-0.2, -0.15) is 0 Å². The minimum absolute atomic E-state index is 0.0853. The number of nitro groups is 1. The third kappa shape index (κ3) is 7.34. The lowest BCUT2D eigenvalue weighted by molar-refractivity contribution is -0.387. The van der Waals surface area contributed by atoms with E-state index in [2.05, 4.69) is 4.99 Å². The summed E-state index contributed by atoms with van der Waals surface area (Å²) in [6, 6.07) is 2.85. The van der Waals surface area contributed by atoms with E-state index in [9.17, 15) is 24.8 Å². The second-order valence-corrected chi connectivity index (χ2v) is 11.0. The van der Waals surface area contributed by atoms with Crippen LogP contribution in [0.4, 0.5) is 10.5 Å². The Morgan fingerprint density at radius 3 is 2.49 bits per heavy atom. The van der Waals surface area contributed by atoms with E-state index in [0.29, 0.717) is 27.8 Å². The normalized spacial score (nSPS) is 20.3. The Balaban J connectivity index is 2.57.